The number of hydrogen-bond acceptors (Lipinski definition) is 4. The minimum Gasteiger partial charge on any atom is -0.444 e. The molecule has 8 nitrogen and oxygen atoms in total. The van der Waals surface area contributed by atoms with Gasteiger partial charge in [0.05, 0.1) is 22.5 Å². The summed E-state index contributed by atoms with van der Waals surface area (Å²) in [4.78, 5) is 38.1. The molecule has 0 aliphatic heterocycles. The highest BCUT2D eigenvalue weighted by Gasteiger charge is 2.30. The predicted molar refractivity (Wildman–Crippen MR) is 116 cm³/mol. The summed E-state index contributed by atoms with van der Waals surface area (Å²) in [6.07, 6.45) is 6.45. The number of fused-ring (bicyclic) bond motifs is 1. The molecule has 2 amide bonds. The van der Waals surface area contributed by atoms with Gasteiger partial charge in [0.15, 0.2) is 0 Å². The molecule has 1 aliphatic carbocycles. The maximum atomic E-state index is 13.2. The van der Waals surface area contributed by atoms with Gasteiger partial charge in [-0.2, -0.15) is 0 Å². The molecule has 1 fully saturated rings. The topological polar surface area (TPSA) is 94.4 Å². The quantitative estimate of drug-likeness (QED) is 0.804. The summed E-state index contributed by atoms with van der Waals surface area (Å²) in [5, 5.41) is 6.38. The van der Waals surface area contributed by atoms with Crippen LogP contribution in [0.15, 0.2) is 17.2 Å². The lowest BCUT2D eigenvalue weighted by atomic mass is 9.90. The van der Waals surface area contributed by atoms with Crippen molar-refractivity contribution in [1.82, 2.24) is 19.8 Å². The Kier molecular flexibility index (Phi) is 5.97. The van der Waals surface area contributed by atoms with Crippen molar-refractivity contribution in [3.8, 4) is 0 Å². The fourth-order valence-corrected chi connectivity index (χ4v) is 4.26. The molecular formula is C22H32N4O4. The lowest BCUT2D eigenvalue weighted by molar-refractivity contribution is 0.0475. The molecule has 2 aromatic heterocycles. The Hall–Kier alpha value is -2.77. The Morgan fingerprint density at radius 1 is 1.03 bits per heavy atom. The molecule has 0 unspecified atom stereocenters. The highest BCUT2D eigenvalue weighted by Crippen LogP contribution is 2.23. The molecule has 0 bridgehead atoms. The van der Waals surface area contributed by atoms with Gasteiger partial charge in [0.1, 0.15) is 5.60 Å². The second-order valence-corrected chi connectivity index (χ2v) is 9.22. The first-order valence-corrected chi connectivity index (χ1v) is 10.4. The van der Waals surface area contributed by atoms with E-state index in [2.05, 4.69) is 10.6 Å². The summed E-state index contributed by atoms with van der Waals surface area (Å²) in [6, 6.07) is -0.431. The van der Waals surface area contributed by atoms with E-state index in [4.69, 9.17) is 4.74 Å². The normalized spacial score (nSPS) is 19.5. The van der Waals surface area contributed by atoms with Gasteiger partial charge < -0.3 is 24.5 Å². The number of aryl methyl sites for hydroxylation is 3. The van der Waals surface area contributed by atoms with Crippen LogP contribution in [0.2, 0.25) is 0 Å². The Morgan fingerprint density at radius 2 is 1.63 bits per heavy atom. The van der Waals surface area contributed by atoms with Gasteiger partial charge in [-0.05, 0) is 46.1 Å². The van der Waals surface area contributed by atoms with Crippen molar-refractivity contribution in [2.24, 2.45) is 14.1 Å². The molecule has 0 saturated heterocycles. The number of nitrogens with zero attached hydrogens (tertiary/aromatic N) is 2. The van der Waals surface area contributed by atoms with Crippen LogP contribution in [-0.4, -0.2) is 38.8 Å². The van der Waals surface area contributed by atoms with Crippen LogP contribution < -0.4 is 16.2 Å². The van der Waals surface area contributed by atoms with E-state index < -0.39 is 11.7 Å². The molecule has 2 aromatic rings. The SMILES string of the molecule is Cc1cn(C)c(=O)c2c(C(=O)N[C@@H]3CCCC[C@@H]3NC(=O)OC(C)(C)C)cn(C)c12. The molecule has 2 heterocycles. The van der Waals surface area contributed by atoms with Crippen LogP contribution in [0.1, 0.15) is 62.4 Å². The summed E-state index contributed by atoms with van der Waals surface area (Å²) in [7, 11) is 3.52. The monoisotopic (exact) mass is 416 g/mol. The van der Waals surface area contributed by atoms with E-state index in [1.54, 1.807) is 19.4 Å². The van der Waals surface area contributed by atoms with Crippen LogP contribution >= 0.6 is 0 Å². The van der Waals surface area contributed by atoms with Gasteiger partial charge in [-0.15, -0.1) is 0 Å². The smallest absolute Gasteiger partial charge is 0.407 e. The Morgan fingerprint density at radius 3 is 2.23 bits per heavy atom. The number of ether oxygens (including phenoxy) is 1. The fourth-order valence-electron chi connectivity index (χ4n) is 4.26. The highest BCUT2D eigenvalue weighted by molar-refractivity contribution is 6.07. The molecule has 1 saturated carbocycles. The number of carbonyl (C=O) groups is 2. The average Bonchev–Trinajstić information content (AvgIpc) is 2.98. The van der Waals surface area contributed by atoms with Crippen LogP contribution in [-0.2, 0) is 18.8 Å². The minimum absolute atomic E-state index is 0.201. The van der Waals surface area contributed by atoms with Gasteiger partial charge in [-0.3, -0.25) is 9.59 Å². The van der Waals surface area contributed by atoms with Crippen molar-refractivity contribution in [3.63, 3.8) is 0 Å². The van der Waals surface area contributed by atoms with Crippen molar-refractivity contribution in [2.45, 2.75) is 71.1 Å². The van der Waals surface area contributed by atoms with E-state index >= 15 is 0 Å². The highest BCUT2D eigenvalue weighted by atomic mass is 16.6. The molecule has 2 N–H and O–H groups in total. The number of pyridine rings is 1. The Labute approximate surface area is 176 Å². The van der Waals surface area contributed by atoms with E-state index in [1.165, 1.54) is 4.57 Å². The van der Waals surface area contributed by atoms with Crippen LogP contribution in [0, 0.1) is 6.92 Å². The number of hydrogen-bond donors (Lipinski definition) is 2. The van der Waals surface area contributed by atoms with E-state index in [9.17, 15) is 14.4 Å². The Bertz CT molecular complexity index is 1030. The molecule has 0 radical (unpaired) electrons. The molecule has 164 valence electrons. The number of amides is 2. The van der Waals surface area contributed by atoms with E-state index in [1.807, 2.05) is 39.3 Å². The number of carbonyl (C=O) groups excluding carboxylic acids is 2. The first-order valence-electron chi connectivity index (χ1n) is 10.4. The Balaban J connectivity index is 1.84. The van der Waals surface area contributed by atoms with Crippen molar-refractivity contribution in [3.05, 3.63) is 33.9 Å². The van der Waals surface area contributed by atoms with Gasteiger partial charge in [-0.25, -0.2) is 4.79 Å². The largest absolute Gasteiger partial charge is 0.444 e. The third kappa shape index (κ3) is 4.52. The molecule has 0 aromatic carbocycles. The third-order valence-corrected chi connectivity index (χ3v) is 5.51. The van der Waals surface area contributed by atoms with Gasteiger partial charge in [0.2, 0.25) is 0 Å². The van der Waals surface area contributed by atoms with Crippen LogP contribution in [0.25, 0.3) is 10.9 Å². The van der Waals surface area contributed by atoms with E-state index in [0.717, 1.165) is 36.8 Å². The standard InChI is InChI=1S/C22H32N4O4/c1-13-11-26(6)20(28)17-14(12-25(5)18(13)17)19(27)23-15-9-7-8-10-16(15)24-21(29)30-22(2,3)4/h11-12,15-16H,7-10H2,1-6H3,(H,23,27)(H,24,29)/t15-,16+/m1/s1. The molecule has 2 atom stereocenters. The van der Waals surface area contributed by atoms with Gasteiger partial charge >= 0.3 is 6.09 Å². The van der Waals surface area contributed by atoms with Crippen LogP contribution in [0.4, 0.5) is 4.79 Å². The lowest BCUT2D eigenvalue weighted by Gasteiger charge is -2.33. The van der Waals surface area contributed by atoms with Crippen molar-refractivity contribution >= 4 is 22.9 Å². The second-order valence-electron chi connectivity index (χ2n) is 9.22. The fraction of sp³-hybridized carbons (Fsp3) is 0.591. The zero-order valence-electron chi connectivity index (χ0n) is 18.7. The van der Waals surface area contributed by atoms with E-state index in [-0.39, 0.29) is 23.6 Å². The molecular weight excluding hydrogens is 384 g/mol. The van der Waals surface area contributed by atoms with Crippen LogP contribution in [0.3, 0.4) is 0 Å². The second kappa shape index (κ2) is 8.16. The molecule has 30 heavy (non-hydrogen) atoms. The predicted octanol–water partition coefficient (Wildman–Crippen LogP) is 2.75. The molecule has 0 spiro atoms. The number of rotatable bonds is 3. The van der Waals surface area contributed by atoms with Crippen molar-refractivity contribution in [2.75, 3.05) is 0 Å². The summed E-state index contributed by atoms with van der Waals surface area (Å²) >= 11 is 0. The summed E-state index contributed by atoms with van der Waals surface area (Å²) in [5.41, 5.74) is 1.26. The molecule has 8 heteroatoms. The summed E-state index contributed by atoms with van der Waals surface area (Å²) in [5.74, 6) is -0.300. The first-order chi connectivity index (χ1) is 14.0. The molecule has 3 rings (SSSR count). The third-order valence-electron chi connectivity index (χ3n) is 5.51. The first kappa shape index (κ1) is 21.9. The number of nitrogens with one attached hydrogen (secondary N) is 2. The van der Waals surface area contributed by atoms with Gasteiger partial charge in [0.25, 0.3) is 11.5 Å². The lowest BCUT2D eigenvalue weighted by Crippen LogP contribution is -2.54. The number of aromatic nitrogens is 2. The van der Waals surface area contributed by atoms with Gasteiger partial charge in [-0.1, -0.05) is 12.8 Å². The zero-order valence-corrected chi connectivity index (χ0v) is 18.7. The average molecular weight is 417 g/mol. The van der Waals surface area contributed by atoms with Gasteiger partial charge in [0, 0.05) is 32.5 Å². The summed E-state index contributed by atoms with van der Waals surface area (Å²) < 4.78 is 8.69. The van der Waals surface area contributed by atoms with Crippen LogP contribution in [0.5, 0.6) is 0 Å². The maximum absolute atomic E-state index is 13.2. The van der Waals surface area contributed by atoms with Crippen molar-refractivity contribution < 1.29 is 14.3 Å². The zero-order chi connectivity index (χ0) is 22.2. The minimum atomic E-state index is -0.585. The molecule has 1 aliphatic rings. The summed E-state index contributed by atoms with van der Waals surface area (Å²) in [6.45, 7) is 7.37. The van der Waals surface area contributed by atoms with Crippen molar-refractivity contribution in [1.29, 1.82) is 0 Å². The van der Waals surface area contributed by atoms with E-state index in [0.29, 0.717) is 10.9 Å². The number of alkyl carbamates (subject to hydrolysis) is 1. The maximum Gasteiger partial charge on any atom is 0.407 e.